The summed E-state index contributed by atoms with van der Waals surface area (Å²) in [6, 6.07) is 11.0. The Labute approximate surface area is 223 Å². The van der Waals surface area contributed by atoms with Gasteiger partial charge in [-0.3, -0.25) is 4.79 Å². The minimum atomic E-state index is -0.563. The summed E-state index contributed by atoms with van der Waals surface area (Å²) in [5.41, 5.74) is 3.16. The lowest BCUT2D eigenvalue weighted by atomic mass is 9.89. The normalized spacial score (nSPS) is 14.4. The first kappa shape index (κ1) is 26.8. The van der Waals surface area contributed by atoms with Crippen LogP contribution in [-0.2, 0) is 18.3 Å². The van der Waals surface area contributed by atoms with E-state index in [2.05, 4.69) is 16.0 Å². The number of nitrogens with zero attached hydrogens (tertiary/aromatic N) is 2. The molecule has 2 amide bonds. The maximum atomic E-state index is 12.8. The summed E-state index contributed by atoms with van der Waals surface area (Å²) in [7, 11) is 1.91. The highest BCUT2D eigenvalue weighted by molar-refractivity contribution is 6.33. The van der Waals surface area contributed by atoms with Gasteiger partial charge in [0.1, 0.15) is 5.60 Å². The van der Waals surface area contributed by atoms with E-state index in [4.69, 9.17) is 21.3 Å². The predicted molar refractivity (Wildman–Crippen MR) is 147 cm³/mol. The molecular weight excluding hydrogens is 490 g/mol. The van der Waals surface area contributed by atoms with Gasteiger partial charge in [0.05, 0.1) is 21.7 Å². The largest absolute Gasteiger partial charge is 0.444 e. The molecule has 0 bridgehead atoms. The van der Waals surface area contributed by atoms with Gasteiger partial charge in [-0.25, -0.2) is 9.78 Å². The molecular formula is C28H36ClN5O3. The van der Waals surface area contributed by atoms with Gasteiger partial charge in [0.2, 0.25) is 5.95 Å². The van der Waals surface area contributed by atoms with Gasteiger partial charge in [-0.2, -0.15) is 0 Å². The summed E-state index contributed by atoms with van der Waals surface area (Å²) >= 11 is 6.45. The molecule has 0 saturated heterocycles. The van der Waals surface area contributed by atoms with Gasteiger partial charge in [0.15, 0.2) is 0 Å². The van der Waals surface area contributed by atoms with E-state index in [1.807, 2.05) is 62.7 Å². The molecule has 198 valence electrons. The maximum Gasteiger partial charge on any atom is 0.407 e. The lowest BCUT2D eigenvalue weighted by Gasteiger charge is -2.21. The molecule has 37 heavy (non-hydrogen) atoms. The van der Waals surface area contributed by atoms with Gasteiger partial charge in [-0.1, -0.05) is 36.9 Å². The SMILES string of the molecule is Cn1c(Nc2cc(CNC(=O)OC(C)(C)C)ccc2Cl)nc2cc(C(=O)NCC3CCCCC3)ccc21. The molecule has 0 spiro atoms. The number of imidazole rings is 1. The number of rotatable bonds is 7. The monoisotopic (exact) mass is 525 g/mol. The van der Waals surface area contributed by atoms with Crippen LogP contribution in [0.3, 0.4) is 0 Å². The molecule has 8 nitrogen and oxygen atoms in total. The fourth-order valence-electron chi connectivity index (χ4n) is 4.57. The second kappa shape index (κ2) is 11.4. The number of fused-ring (bicyclic) bond motifs is 1. The topological polar surface area (TPSA) is 97.3 Å². The van der Waals surface area contributed by atoms with Crippen molar-refractivity contribution in [3.63, 3.8) is 0 Å². The van der Waals surface area contributed by atoms with Gasteiger partial charge in [-0.15, -0.1) is 0 Å². The van der Waals surface area contributed by atoms with E-state index in [0.717, 1.165) is 17.6 Å². The van der Waals surface area contributed by atoms with Gasteiger partial charge >= 0.3 is 6.09 Å². The van der Waals surface area contributed by atoms with E-state index in [1.165, 1.54) is 32.1 Å². The third-order valence-corrected chi connectivity index (χ3v) is 6.86. The van der Waals surface area contributed by atoms with Crippen LogP contribution < -0.4 is 16.0 Å². The van der Waals surface area contributed by atoms with E-state index in [9.17, 15) is 9.59 Å². The Bertz CT molecular complexity index is 1270. The Morgan fingerprint density at radius 1 is 1.08 bits per heavy atom. The van der Waals surface area contributed by atoms with Crippen LogP contribution in [0.1, 0.15) is 68.8 Å². The molecule has 0 radical (unpaired) electrons. The number of aryl methyl sites for hydroxylation is 1. The number of aromatic nitrogens is 2. The first-order valence-electron chi connectivity index (χ1n) is 12.9. The van der Waals surface area contributed by atoms with Crippen molar-refractivity contribution < 1.29 is 14.3 Å². The van der Waals surface area contributed by atoms with Gasteiger partial charge < -0.3 is 25.3 Å². The Hall–Kier alpha value is -3.26. The third-order valence-electron chi connectivity index (χ3n) is 6.53. The number of amides is 2. The smallest absolute Gasteiger partial charge is 0.407 e. The number of carbonyl (C=O) groups excluding carboxylic acids is 2. The third kappa shape index (κ3) is 7.16. The molecule has 1 aliphatic carbocycles. The van der Waals surface area contributed by atoms with Gasteiger partial charge in [0, 0.05) is 25.7 Å². The highest BCUT2D eigenvalue weighted by Gasteiger charge is 2.18. The zero-order valence-corrected chi connectivity index (χ0v) is 22.7. The van der Waals surface area contributed by atoms with Crippen molar-refractivity contribution >= 4 is 46.3 Å². The van der Waals surface area contributed by atoms with Gasteiger partial charge in [0.25, 0.3) is 5.91 Å². The van der Waals surface area contributed by atoms with Crippen LogP contribution >= 0.6 is 11.6 Å². The Morgan fingerprint density at radius 2 is 1.84 bits per heavy atom. The second-order valence-corrected chi connectivity index (χ2v) is 11.1. The molecule has 4 rings (SSSR count). The molecule has 1 aliphatic rings. The highest BCUT2D eigenvalue weighted by atomic mass is 35.5. The minimum Gasteiger partial charge on any atom is -0.444 e. The molecule has 1 saturated carbocycles. The van der Waals surface area contributed by atoms with Crippen molar-refractivity contribution in [1.82, 2.24) is 20.2 Å². The maximum absolute atomic E-state index is 12.8. The molecule has 1 aromatic heterocycles. The number of carbonyl (C=O) groups is 2. The van der Waals surface area contributed by atoms with Crippen molar-refractivity contribution in [2.45, 2.75) is 65.0 Å². The van der Waals surface area contributed by atoms with Crippen molar-refractivity contribution in [1.29, 1.82) is 0 Å². The van der Waals surface area contributed by atoms with E-state index < -0.39 is 11.7 Å². The van der Waals surface area contributed by atoms with Crippen LogP contribution in [0.5, 0.6) is 0 Å². The lowest BCUT2D eigenvalue weighted by Crippen LogP contribution is -2.32. The number of anilines is 2. The van der Waals surface area contributed by atoms with E-state index in [0.29, 0.717) is 40.2 Å². The molecule has 9 heteroatoms. The fourth-order valence-corrected chi connectivity index (χ4v) is 4.74. The van der Waals surface area contributed by atoms with Crippen molar-refractivity contribution in [2.75, 3.05) is 11.9 Å². The summed E-state index contributed by atoms with van der Waals surface area (Å²) in [6.45, 7) is 6.48. The van der Waals surface area contributed by atoms with Crippen molar-refractivity contribution in [3.8, 4) is 0 Å². The van der Waals surface area contributed by atoms with Crippen LogP contribution in [-0.4, -0.2) is 33.7 Å². The van der Waals surface area contributed by atoms with Crippen LogP contribution in [0.2, 0.25) is 5.02 Å². The molecule has 1 fully saturated rings. The Balaban J connectivity index is 1.44. The Morgan fingerprint density at radius 3 is 2.57 bits per heavy atom. The van der Waals surface area contributed by atoms with Crippen LogP contribution in [0.4, 0.5) is 16.4 Å². The molecule has 0 unspecified atom stereocenters. The highest BCUT2D eigenvalue weighted by Crippen LogP contribution is 2.29. The number of halogens is 1. The van der Waals surface area contributed by atoms with Crippen LogP contribution in [0.25, 0.3) is 11.0 Å². The van der Waals surface area contributed by atoms with Crippen molar-refractivity contribution in [2.24, 2.45) is 13.0 Å². The lowest BCUT2D eigenvalue weighted by molar-refractivity contribution is 0.0523. The van der Waals surface area contributed by atoms with E-state index in [-0.39, 0.29) is 5.91 Å². The summed E-state index contributed by atoms with van der Waals surface area (Å²) in [6.07, 6.45) is 5.71. The fraction of sp³-hybridized carbons (Fsp3) is 0.464. The van der Waals surface area contributed by atoms with Crippen molar-refractivity contribution in [3.05, 3.63) is 52.5 Å². The summed E-state index contributed by atoms with van der Waals surface area (Å²) in [5, 5.41) is 9.66. The minimum absolute atomic E-state index is 0.0686. The molecule has 2 aromatic carbocycles. The van der Waals surface area contributed by atoms with Gasteiger partial charge in [-0.05, 0) is 75.4 Å². The summed E-state index contributed by atoms with van der Waals surface area (Å²) in [5.74, 6) is 1.10. The first-order chi connectivity index (χ1) is 17.6. The Kier molecular flexibility index (Phi) is 8.27. The molecule has 0 atom stereocenters. The van der Waals surface area contributed by atoms with Crippen LogP contribution in [0, 0.1) is 5.92 Å². The predicted octanol–water partition coefficient (Wildman–Crippen LogP) is 6.31. The van der Waals surface area contributed by atoms with Crippen LogP contribution in [0.15, 0.2) is 36.4 Å². The number of benzene rings is 2. The van der Waals surface area contributed by atoms with E-state index in [1.54, 1.807) is 6.07 Å². The average Bonchev–Trinajstić information content (AvgIpc) is 3.17. The second-order valence-electron chi connectivity index (χ2n) is 10.7. The summed E-state index contributed by atoms with van der Waals surface area (Å²) in [4.78, 5) is 29.5. The first-order valence-corrected chi connectivity index (χ1v) is 13.2. The van der Waals surface area contributed by atoms with E-state index >= 15 is 0 Å². The number of hydrogen-bond acceptors (Lipinski definition) is 5. The molecule has 3 aromatic rings. The molecule has 0 aliphatic heterocycles. The zero-order valence-electron chi connectivity index (χ0n) is 22.0. The number of nitrogens with one attached hydrogen (secondary N) is 3. The number of ether oxygens (including phenoxy) is 1. The standard InChI is InChI=1S/C28H36ClN5O3/c1-28(2,3)37-27(36)31-17-19-10-12-21(29)22(14-19)32-26-33-23-15-20(11-13-24(23)34(26)4)25(35)30-16-18-8-6-5-7-9-18/h10-15,18H,5-9,16-17H2,1-4H3,(H,30,35)(H,31,36)(H,32,33). The molecule has 1 heterocycles. The quantitative estimate of drug-likeness (QED) is 0.336. The summed E-state index contributed by atoms with van der Waals surface area (Å²) < 4.78 is 7.21. The average molecular weight is 526 g/mol. The number of hydrogen-bond donors (Lipinski definition) is 3. The number of alkyl carbamates (subject to hydrolysis) is 1. The zero-order chi connectivity index (χ0) is 26.6. The molecule has 3 N–H and O–H groups in total.